The number of aromatic nitrogens is 4. The Hall–Kier alpha value is -1.37. The molecule has 6 nitrogen and oxygen atoms in total. The molecule has 0 amide bonds. The van der Waals surface area contributed by atoms with E-state index < -0.39 is 0 Å². The van der Waals surface area contributed by atoms with Crippen LogP contribution in [0.2, 0.25) is 0 Å². The fourth-order valence-corrected chi connectivity index (χ4v) is 1.95. The third-order valence-corrected chi connectivity index (χ3v) is 3.77. The topological polar surface area (TPSA) is 75.1 Å². The summed E-state index contributed by atoms with van der Waals surface area (Å²) in [6.45, 7) is 4.21. The van der Waals surface area contributed by atoms with Crippen LogP contribution in [0.3, 0.4) is 0 Å². The summed E-state index contributed by atoms with van der Waals surface area (Å²) >= 11 is 3.44. The molecule has 2 unspecified atom stereocenters. The van der Waals surface area contributed by atoms with Crippen molar-refractivity contribution in [3.63, 3.8) is 0 Å². The molecule has 2 heterocycles. The standard InChI is InChI=1S/C10H14BrN5O/c1-6(5-11)7(2)12-8-3-4-9-13-14-10(17)16(9)15-8/h3-4,6-7H,5H2,1-2H3,(H,12,15)(H,14,17). The van der Waals surface area contributed by atoms with Gasteiger partial charge in [0.15, 0.2) is 5.65 Å². The Morgan fingerprint density at radius 3 is 3.00 bits per heavy atom. The van der Waals surface area contributed by atoms with Gasteiger partial charge in [0.05, 0.1) is 0 Å². The van der Waals surface area contributed by atoms with Crippen LogP contribution >= 0.6 is 15.9 Å². The predicted octanol–water partition coefficient (Wildman–Crippen LogP) is 1.25. The average molecular weight is 300 g/mol. The van der Waals surface area contributed by atoms with Crippen LogP contribution in [0.25, 0.3) is 5.65 Å². The highest BCUT2D eigenvalue weighted by Gasteiger charge is 2.11. The molecule has 7 heteroatoms. The molecular formula is C10H14BrN5O. The molecule has 0 aromatic carbocycles. The van der Waals surface area contributed by atoms with Gasteiger partial charge in [0, 0.05) is 11.4 Å². The number of nitrogens with zero attached hydrogens (tertiary/aromatic N) is 3. The van der Waals surface area contributed by atoms with E-state index in [9.17, 15) is 4.79 Å². The minimum Gasteiger partial charge on any atom is -0.366 e. The third-order valence-electron chi connectivity index (χ3n) is 2.75. The van der Waals surface area contributed by atoms with E-state index in [1.165, 1.54) is 4.52 Å². The van der Waals surface area contributed by atoms with Gasteiger partial charge in [-0.3, -0.25) is 0 Å². The number of nitrogens with one attached hydrogen (secondary N) is 2. The molecule has 0 bridgehead atoms. The smallest absolute Gasteiger partial charge is 0.364 e. The lowest BCUT2D eigenvalue weighted by molar-refractivity contribution is 0.569. The first-order valence-electron chi connectivity index (χ1n) is 5.39. The largest absolute Gasteiger partial charge is 0.366 e. The Balaban J connectivity index is 2.24. The van der Waals surface area contributed by atoms with E-state index in [0.717, 1.165) is 5.33 Å². The van der Waals surface area contributed by atoms with Crippen molar-refractivity contribution in [3.05, 3.63) is 22.6 Å². The van der Waals surface area contributed by atoms with Crippen molar-refractivity contribution in [3.8, 4) is 0 Å². The molecule has 0 saturated heterocycles. The maximum Gasteiger partial charge on any atom is 0.364 e. The first-order chi connectivity index (χ1) is 8.11. The number of rotatable bonds is 4. The second kappa shape index (κ2) is 4.87. The molecule has 2 rings (SSSR count). The Kier molecular flexibility index (Phi) is 3.46. The van der Waals surface area contributed by atoms with Gasteiger partial charge in [-0.2, -0.15) is 9.61 Å². The van der Waals surface area contributed by atoms with Gasteiger partial charge in [-0.1, -0.05) is 22.9 Å². The van der Waals surface area contributed by atoms with Crippen molar-refractivity contribution in [2.45, 2.75) is 19.9 Å². The molecule has 17 heavy (non-hydrogen) atoms. The van der Waals surface area contributed by atoms with Crippen LogP contribution in [0.4, 0.5) is 5.82 Å². The van der Waals surface area contributed by atoms with Crippen LogP contribution in [0.5, 0.6) is 0 Å². The van der Waals surface area contributed by atoms with E-state index in [-0.39, 0.29) is 11.7 Å². The number of aromatic amines is 1. The zero-order chi connectivity index (χ0) is 12.4. The molecule has 0 aliphatic carbocycles. The van der Waals surface area contributed by atoms with Gasteiger partial charge in [-0.05, 0) is 25.0 Å². The van der Waals surface area contributed by atoms with Gasteiger partial charge in [0.1, 0.15) is 5.82 Å². The van der Waals surface area contributed by atoms with Crippen molar-refractivity contribution in [1.29, 1.82) is 0 Å². The summed E-state index contributed by atoms with van der Waals surface area (Å²) in [6.07, 6.45) is 0. The van der Waals surface area contributed by atoms with Crippen molar-refractivity contribution < 1.29 is 0 Å². The monoisotopic (exact) mass is 299 g/mol. The normalized spacial score (nSPS) is 14.8. The van der Waals surface area contributed by atoms with E-state index in [2.05, 4.69) is 50.4 Å². The van der Waals surface area contributed by atoms with Crippen molar-refractivity contribution in [1.82, 2.24) is 19.8 Å². The highest BCUT2D eigenvalue weighted by molar-refractivity contribution is 9.09. The zero-order valence-electron chi connectivity index (χ0n) is 9.64. The summed E-state index contributed by atoms with van der Waals surface area (Å²) in [6, 6.07) is 3.83. The average Bonchev–Trinajstić information content (AvgIpc) is 2.70. The minimum absolute atomic E-state index is 0.266. The van der Waals surface area contributed by atoms with E-state index in [1.54, 1.807) is 6.07 Å². The second-order valence-electron chi connectivity index (χ2n) is 4.08. The lowest BCUT2D eigenvalue weighted by atomic mass is 10.1. The van der Waals surface area contributed by atoms with Crippen molar-refractivity contribution in [2.24, 2.45) is 5.92 Å². The van der Waals surface area contributed by atoms with Crippen LogP contribution in [0.15, 0.2) is 16.9 Å². The van der Waals surface area contributed by atoms with Gasteiger partial charge in [-0.15, -0.1) is 5.10 Å². The predicted molar refractivity (Wildman–Crippen MR) is 69.7 cm³/mol. The molecule has 92 valence electrons. The lowest BCUT2D eigenvalue weighted by Crippen LogP contribution is -2.26. The fourth-order valence-electron chi connectivity index (χ4n) is 1.39. The van der Waals surface area contributed by atoms with E-state index in [0.29, 0.717) is 17.4 Å². The third kappa shape index (κ3) is 2.49. The molecule has 0 radical (unpaired) electrons. The molecule has 0 aliphatic rings. The molecular weight excluding hydrogens is 286 g/mol. The number of H-pyrrole nitrogens is 1. The number of hydrogen-bond donors (Lipinski definition) is 2. The molecule has 0 spiro atoms. The van der Waals surface area contributed by atoms with Crippen molar-refractivity contribution >= 4 is 27.4 Å². The Labute approximate surface area is 107 Å². The fraction of sp³-hybridized carbons (Fsp3) is 0.500. The molecule has 0 saturated carbocycles. The van der Waals surface area contributed by atoms with Crippen LogP contribution in [0.1, 0.15) is 13.8 Å². The molecule has 0 aliphatic heterocycles. The van der Waals surface area contributed by atoms with Gasteiger partial charge in [-0.25, -0.2) is 9.89 Å². The summed E-state index contributed by atoms with van der Waals surface area (Å²) in [5.41, 5.74) is 0.187. The van der Waals surface area contributed by atoms with E-state index >= 15 is 0 Å². The highest BCUT2D eigenvalue weighted by atomic mass is 79.9. The van der Waals surface area contributed by atoms with Crippen molar-refractivity contribution in [2.75, 3.05) is 10.6 Å². The summed E-state index contributed by atoms with van der Waals surface area (Å²) in [7, 11) is 0. The second-order valence-corrected chi connectivity index (χ2v) is 4.73. The number of hydrogen-bond acceptors (Lipinski definition) is 4. The molecule has 2 aromatic heterocycles. The van der Waals surface area contributed by atoms with Crippen LogP contribution < -0.4 is 11.0 Å². The van der Waals surface area contributed by atoms with Crippen LogP contribution in [-0.4, -0.2) is 31.2 Å². The van der Waals surface area contributed by atoms with Crippen LogP contribution in [-0.2, 0) is 0 Å². The maximum absolute atomic E-state index is 11.4. The highest BCUT2D eigenvalue weighted by Crippen LogP contribution is 2.12. The Morgan fingerprint density at radius 1 is 1.53 bits per heavy atom. The quantitative estimate of drug-likeness (QED) is 0.833. The number of halogens is 1. The maximum atomic E-state index is 11.4. The Bertz CT molecular complexity index is 563. The van der Waals surface area contributed by atoms with Gasteiger partial charge in [0.25, 0.3) is 0 Å². The first-order valence-corrected chi connectivity index (χ1v) is 6.51. The van der Waals surface area contributed by atoms with Gasteiger partial charge in [0.2, 0.25) is 0 Å². The van der Waals surface area contributed by atoms with Gasteiger partial charge < -0.3 is 5.32 Å². The minimum atomic E-state index is -0.329. The lowest BCUT2D eigenvalue weighted by Gasteiger charge is -2.19. The summed E-state index contributed by atoms with van der Waals surface area (Å²) in [4.78, 5) is 11.4. The molecule has 2 N–H and O–H groups in total. The van der Waals surface area contributed by atoms with Gasteiger partial charge >= 0.3 is 5.69 Å². The summed E-state index contributed by atoms with van der Waals surface area (Å²) in [5, 5.41) is 14.5. The molecule has 2 atom stereocenters. The SMILES string of the molecule is CC(CBr)C(C)Nc1ccc2n[nH]c(=O)n2n1. The number of alkyl halides is 1. The molecule has 2 aromatic rings. The summed E-state index contributed by atoms with van der Waals surface area (Å²) < 4.78 is 1.24. The number of fused-ring (bicyclic) bond motifs is 1. The molecule has 0 fully saturated rings. The number of anilines is 1. The first kappa shape index (κ1) is 12.1. The van der Waals surface area contributed by atoms with E-state index in [4.69, 9.17) is 0 Å². The summed E-state index contributed by atoms with van der Waals surface area (Å²) in [5.74, 6) is 1.13. The zero-order valence-corrected chi connectivity index (χ0v) is 11.2. The van der Waals surface area contributed by atoms with E-state index in [1.807, 2.05) is 6.07 Å². The van der Waals surface area contributed by atoms with Crippen LogP contribution in [0, 0.1) is 5.92 Å². The Morgan fingerprint density at radius 2 is 2.29 bits per heavy atom.